The van der Waals surface area contributed by atoms with E-state index in [1.807, 2.05) is 13.0 Å². The van der Waals surface area contributed by atoms with Gasteiger partial charge in [-0.2, -0.15) is 0 Å². The highest BCUT2D eigenvalue weighted by Gasteiger charge is 2.11. The molecule has 0 aromatic carbocycles. The molecule has 1 aromatic rings. The Hall–Kier alpha value is -1.42. The van der Waals surface area contributed by atoms with Crippen LogP contribution >= 0.6 is 0 Å². The lowest BCUT2D eigenvalue weighted by atomic mass is 10.2. The minimum atomic E-state index is 0.458. The Labute approximate surface area is 95.8 Å². The van der Waals surface area contributed by atoms with Crippen molar-refractivity contribution in [3.8, 4) is 0 Å². The number of nitrogens with one attached hydrogen (secondary N) is 1. The fourth-order valence-electron chi connectivity index (χ4n) is 1.84. The molecule has 0 saturated heterocycles. The highest BCUT2D eigenvalue weighted by Crippen LogP contribution is 2.16. The predicted octanol–water partition coefficient (Wildman–Crippen LogP) is 2.06. The molecule has 4 nitrogen and oxygen atoms in total. The van der Waals surface area contributed by atoms with Gasteiger partial charge in [-0.25, -0.2) is 9.97 Å². The van der Waals surface area contributed by atoms with Crippen LogP contribution < -0.4 is 5.32 Å². The summed E-state index contributed by atoms with van der Waals surface area (Å²) in [5.41, 5.74) is 0.968. The van der Waals surface area contributed by atoms with Gasteiger partial charge in [-0.1, -0.05) is 12.2 Å². The van der Waals surface area contributed by atoms with E-state index < -0.39 is 0 Å². The first-order valence-corrected chi connectivity index (χ1v) is 5.53. The second-order valence-corrected chi connectivity index (χ2v) is 4.03. The number of aryl methyl sites for hydroxylation is 1. The van der Waals surface area contributed by atoms with Crippen molar-refractivity contribution in [2.45, 2.75) is 32.4 Å². The quantitative estimate of drug-likeness (QED) is 0.787. The Morgan fingerprint density at radius 1 is 1.38 bits per heavy atom. The van der Waals surface area contributed by atoms with Crippen molar-refractivity contribution in [2.24, 2.45) is 0 Å². The summed E-state index contributed by atoms with van der Waals surface area (Å²) in [5, 5.41) is 3.41. The van der Waals surface area contributed by atoms with E-state index in [0.717, 1.165) is 30.2 Å². The Kier molecular flexibility index (Phi) is 3.51. The van der Waals surface area contributed by atoms with Gasteiger partial charge in [0.15, 0.2) is 5.82 Å². The van der Waals surface area contributed by atoms with Gasteiger partial charge in [-0.05, 0) is 19.8 Å². The van der Waals surface area contributed by atoms with E-state index in [2.05, 4.69) is 27.4 Å². The summed E-state index contributed by atoms with van der Waals surface area (Å²) in [6.45, 7) is 2.43. The van der Waals surface area contributed by atoms with Crippen molar-refractivity contribution in [1.82, 2.24) is 9.97 Å². The summed E-state index contributed by atoms with van der Waals surface area (Å²) in [4.78, 5) is 8.72. The van der Waals surface area contributed by atoms with Crippen molar-refractivity contribution in [3.05, 3.63) is 29.7 Å². The maximum absolute atomic E-state index is 5.04. The normalized spacial score (nSPS) is 15.6. The van der Waals surface area contributed by atoms with Crippen LogP contribution in [0.3, 0.4) is 0 Å². The maximum atomic E-state index is 5.04. The molecule has 0 aliphatic heterocycles. The molecule has 0 spiro atoms. The summed E-state index contributed by atoms with van der Waals surface area (Å²) in [7, 11) is 1.65. The van der Waals surface area contributed by atoms with Gasteiger partial charge >= 0.3 is 0 Å². The first-order chi connectivity index (χ1) is 7.78. The van der Waals surface area contributed by atoms with E-state index >= 15 is 0 Å². The molecule has 1 aliphatic carbocycles. The largest absolute Gasteiger partial charge is 0.377 e. The third-order valence-corrected chi connectivity index (χ3v) is 2.53. The van der Waals surface area contributed by atoms with E-state index in [9.17, 15) is 0 Å². The number of ether oxygens (including phenoxy) is 1. The molecular weight excluding hydrogens is 202 g/mol. The third-order valence-electron chi connectivity index (χ3n) is 2.53. The molecule has 0 fully saturated rings. The van der Waals surface area contributed by atoms with Gasteiger partial charge in [-0.15, -0.1) is 0 Å². The fraction of sp³-hybridized carbons (Fsp3) is 0.500. The predicted molar refractivity (Wildman–Crippen MR) is 63.3 cm³/mol. The second-order valence-electron chi connectivity index (χ2n) is 4.03. The fourth-order valence-corrected chi connectivity index (χ4v) is 1.84. The molecule has 0 unspecified atom stereocenters. The van der Waals surface area contributed by atoms with Crippen molar-refractivity contribution in [3.63, 3.8) is 0 Å². The van der Waals surface area contributed by atoms with Crippen LogP contribution in [0.25, 0.3) is 0 Å². The number of anilines is 1. The highest BCUT2D eigenvalue weighted by molar-refractivity contribution is 5.37. The Balaban J connectivity index is 2.07. The number of aromatic nitrogens is 2. The van der Waals surface area contributed by atoms with E-state index in [-0.39, 0.29) is 0 Å². The molecule has 16 heavy (non-hydrogen) atoms. The zero-order valence-corrected chi connectivity index (χ0v) is 9.73. The second kappa shape index (κ2) is 5.07. The van der Waals surface area contributed by atoms with Crippen LogP contribution in [0.15, 0.2) is 18.2 Å². The average molecular weight is 219 g/mol. The zero-order chi connectivity index (χ0) is 11.4. The zero-order valence-electron chi connectivity index (χ0n) is 9.73. The van der Waals surface area contributed by atoms with Crippen LogP contribution in [0, 0.1) is 6.92 Å². The monoisotopic (exact) mass is 219 g/mol. The molecule has 0 atom stereocenters. The lowest BCUT2D eigenvalue weighted by molar-refractivity contribution is 0.177. The molecule has 1 N–H and O–H groups in total. The van der Waals surface area contributed by atoms with Crippen LogP contribution in [0.4, 0.5) is 5.82 Å². The minimum absolute atomic E-state index is 0.458. The Morgan fingerprint density at radius 2 is 2.12 bits per heavy atom. The Bertz CT molecular complexity index is 382. The first-order valence-electron chi connectivity index (χ1n) is 5.53. The minimum Gasteiger partial charge on any atom is -0.377 e. The van der Waals surface area contributed by atoms with E-state index in [4.69, 9.17) is 4.74 Å². The first kappa shape index (κ1) is 11.1. The van der Waals surface area contributed by atoms with Crippen LogP contribution in [-0.4, -0.2) is 23.1 Å². The van der Waals surface area contributed by atoms with Crippen molar-refractivity contribution >= 4 is 5.82 Å². The number of nitrogens with zero attached hydrogens (tertiary/aromatic N) is 2. The molecule has 1 aliphatic rings. The van der Waals surface area contributed by atoms with Gasteiger partial charge in [0.05, 0.1) is 0 Å². The number of rotatable bonds is 4. The average Bonchev–Trinajstić information content (AvgIpc) is 2.70. The Morgan fingerprint density at radius 3 is 2.81 bits per heavy atom. The molecule has 4 heteroatoms. The van der Waals surface area contributed by atoms with Crippen LogP contribution in [0.5, 0.6) is 0 Å². The molecule has 1 aromatic heterocycles. The molecule has 86 valence electrons. The standard InChI is InChI=1S/C12H17N3O/c1-9-7-11(14-10-5-3-4-6-10)15-12(13-9)8-16-2/h3-4,7,10H,5-6,8H2,1-2H3,(H,13,14,15). The highest BCUT2D eigenvalue weighted by atomic mass is 16.5. The van der Waals surface area contributed by atoms with Crippen molar-refractivity contribution in [2.75, 3.05) is 12.4 Å². The molecule has 0 amide bonds. The lowest BCUT2D eigenvalue weighted by Crippen LogP contribution is -2.17. The summed E-state index contributed by atoms with van der Waals surface area (Å²) >= 11 is 0. The van der Waals surface area contributed by atoms with E-state index in [1.54, 1.807) is 7.11 Å². The molecule has 0 saturated carbocycles. The lowest BCUT2D eigenvalue weighted by Gasteiger charge is -2.13. The van der Waals surface area contributed by atoms with Gasteiger partial charge in [0.25, 0.3) is 0 Å². The van der Waals surface area contributed by atoms with Crippen LogP contribution in [0.1, 0.15) is 24.4 Å². The van der Waals surface area contributed by atoms with Gasteiger partial charge in [0.2, 0.25) is 0 Å². The molecule has 0 bridgehead atoms. The number of hydrogen-bond donors (Lipinski definition) is 1. The summed E-state index contributed by atoms with van der Waals surface area (Å²) < 4.78 is 5.04. The summed E-state index contributed by atoms with van der Waals surface area (Å²) in [6, 6.07) is 2.45. The van der Waals surface area contributed by atoms with Gasteiger partial charge in [0.1, 0.15) is 12.4 Å². The summed E-state index contributed by atoms with van der Waals surface area (Å²) in [6.07, 6.45) is 6.54. The number of methoxy groups -OCH3 is 1. The van der Waals surface area contributed by atoms with Crippen LogP contribution in [0.2, 0.25) is 0 Å². The maximum Gasteiger partial charge on any atom is 0.156 e. The third kappa shape index (κ3) is 2.79. The molecular formula is C12H17N3O. The van der Waals surface area contributed by atoms with Crippen molar-refractivity contribution in [1.29, 1.82) is 0 Å². The van der Waals surface area contributed by atoms with Gasteiger partial charge in [0, 0.05) is 24.9 Å². The molecule has 0 radical (unpaired) electrons. The van der Waals surface area contributed by atoms with E-state index in [0.29, 0.717) is 12.6 Å². The topological polar surface area (TPSA) is 47.0 Å². The molecule has 2 rings (SSSR count). The van der Waals surface area contributed by atoms with Crippen LogP contribution in [-0.2, 0) is 11.3 Å². The van der Waals surface area contributed by atoms with Gasteiger partial charge < -0.3 is 10.1 Å². The van der Waals surface area contributed by atoms with Gasteiger partial charge in [-0.3, -0.25) is 0 Å². The molecule has 1 heterocycles. The number of hydrogen-bond acceptors (Lipinski definition) is 4. The SMILES string of the molecule is COCc1nc(C)cc(NC2CC=CC2)n1. The summed E-state index contributed by atoms with van der Waals surface area (Å²) in [5.74, 6) is 1.63. The van der Waals surface area contributed by atoms with Crippen molar-refractivity contribution < 1.29 is 4.74 Å². The van der Waals surface area contributed by atoms with E-state index in [1.165, 1.54) is 0 Å². The smallest absolute Gasteiger partial charge is 0.156 e.